The fourth-order valence-corrected chi connectivity index (χ4v) is 1.81. The number of nitrogens with one attached hydrogen (secondary N) is 1. The van der Waals surface area contributed by atoms with Crippen molar-refractivity contribution in [2.75, 3.05) is 32.7 Å². The van der Waals surface area contributed by atoms with Crippen molar-refractivity contribution in [3.8, 4) is 5.88 Å². The van der Waals surface area contributed by atoms with Gasteiger partial charge in [0.15, 0.2) is 5.82 Å². The van der Waals surface area contributed by atoms with Crippen molar-refractivity contribution >= 4 is 5.82 Å². The number of aromatic nitrogens is 2. The Morgan fingerprint density at radius 2 is 2.26 bits per heavy atom. The largest absolute Gasteiger partial charge is 0.476 e. The summed E-state index contributed by atoms with van der Waals surface area (Å²) in [6, 6.07) is 2.41. The third kappa shape index (κ3) is 4.30. The third-order valence-electron chi connectivity index (χ3n) is 3.03. The maximum absolute atomic E-state index is 5.64. The van der Waals surface area contributed by atoms with Crippen LogP contribution in [0.15, 0.2) is 6.07 Å². The number of rotatable bonds is 8. The molecule has 0 aromatic carbocycles. The molecule has 1 aliphatic carbocycles. The molecule has 0 unspecified atom stereocenters. The van der Waals surface area contributed by atoms with E-state index in [1.54, 1.807) is 13.2 Å². The summed E-state index contributed by atoms with van der Waals surface area (Å²) in [5.74, 6) is 6.94. The monoisotopic (exact) mass is 267 g/mol. The molecule has 1 aromatic rings. The van der Waals surface area contributed by atoms with Gasteiger partial charge in [-0.2, -0.15) is 4.98 Å². The number of methoxy groups -OCH3 is 1. The standard InChI is InChI=1S/C12H21N5O2/c1-17(9-3-4-9)5-6-19-12-7-10(16-13)14-11(15-12)8-18-2/h7,9H,3-6,8,13H2,1-2H3,(H,14,15,16). The molecule has 0 spiro atoms. The molecular formula is C12H21N5O2. The van der Waals surface area contributed by atoms with Crippen LogP contribution in [0.4, 0.5) is 5.82 Å². The minimum Gasteiger partial charge on any atom is -0.476 e. The van der Waals surface area contributed by atoms with E-state index < -0.39 is 0 Å². The van der Waals surface area contributed by atoms with Gasteiger partial charge in [0, 0.05) is 25.8 Å². The first-order valence-electron chi connectivity index (χ1n) is 6.39. The number of ether oxygens (including phenoxy) is 2. The van der Waals surface area contributed by atoms with Gasteiger partial charge in [-0.3, -0.25) is 0 Å². The molecule has 0 atom stereocenters. The van der Waals surface area contributed by atoms with Crippen LogP contribution in [0.2, 0.25) is 0 Å². The van der Waals surface area contributed by atoms with Crippen LogP contribution >= 0.6 is 0 Å². The lowest BCUT2D eigenvalue weighted by molar-refractivity contribution is 0.175. The van der Waals surface area contributed by atoms with E-state index in [1.807, 2.05) is 0 Å². The quantitative estimate of drug-likeness (QED) is 0.520. The van der Waals surface area contributed by atoms with Crippen molar-refractivity contribution in [1.82, 2.24) is 14.9 Å². The average molecular weight is 267 g/mol. The van der Waals surface area contributed by atoms with Crippen LogP contribution in [0.25, 0.3) is 0 Å². The first-order chi connectivity index (χ1) is 9.22. The van der Waals surface area contributed by atoms with Gasteiger partial charge in [0.1, 0.15) is 19.0 Å². The number of nitrogens with zero attached hydrogens (tertiary/aromatic N) is 3. The average Bonchev–Trinajstić information content (AvgIpc) is 3.23. The number of anilines is 1. The van der Waals surface area contributed by atoms with Crippen molar-refractivity contribution in [2.24, 2.45) is 5.84 Å². The number of hydrazine groups is 1. The number of nitrogen functional groups attached to an aromatic ring is 1. The molecule has 1 saturated carbocycles. The van der Waals surface area contributed by atoms with E-state index in [0.717, 1.165) is 12.6 Å². The minimum absolute atomic E-state index is 0.327. The first-order valence-corrected chi connectivity index (χ1v) is 6.39. The predicted molar refractivity (Wildman–Crippen MR) is 71.7 cm³/mol. The number of nitrogens with two attached hydrogens (primary N) is 1. The van der Waals surface area contributed by atoms with Gasteiger partial charge in [-0.15, -0.1) is 0 Å². The fourth-order valence-electron chi connectivity index (χ4n) is 1.81. The van der Waals surface area contributed by atoms with E-state index in [0.29, 0.717) is 30.7 Å². The second-order valence-electron chi connectivity index (χ2n) is 4.65. The smallest absolute Gasteiger partial charge is 0.218 e. The molecule has 2 rings (SSSR count). The summed E-state index contributed by atoms with van der Waals surface area (Å²) in [7, 11) is 3.71. The second-order valence-corrected chi connectivity index (χ2v) is 4.65. The van der Waals surface area contributed by atoms with Crippen LogP contribution in [0.5, 0.6) is 5.88 Å². The van der Waals surface area contributed by atoms with Gasteiger partial charge in [-0.05, 0) is 19.9 Å². The normalized spacial score (nSPS) is 14.7. The highest BCUT2D eigenvalue weighted by Gasteiger charge is 2.25. The summed E-state index contributed by atoms with van der Waals surface area (Å²) in [5, 5.41) is 0. The summed E-state index contributed by atoms with van der Waals surface area (Å²) >= 11 is 0. The van der Waals surface area contributed by atoms with Crippen LogP contribution in [0.3, 0.4) is 0 Å². The lowest BCUT2D eigenvalue weighted by Crippen LogP contribution is -2.26. The Hall–Kier alpha value is -1.44. The van der Waals surface area contributed by atoms with Crippen LogP contribution in [0.1, 0.15) is 18.7 Å². The summed E-state index contributed by atoms with van der Waals surface area (Å²) < 4.78 is 10.6. The summed E-state index contributed by atoms with van der Waals surface area (Å²) in [6.07, 6.45) is 2.59. The highest BCUT2D eigenvalue weighted by atomic mass is 16.5. The molecule has 7 heteroatoms. The topological polar surface area (TPSA) is 85.5 Å². The lowest BCUT2D eigenvalue weighted by atomic mass is 10.5. The molecule has 3 N–H and O–H groups in total. The number of hydrogen-bond acceptors (Lipinski definition) is 7. The fraction of sp³-hybridized carbons (Fsp3) is 0.667. The maximum atomic E-state index is 5.64. The van der Waals surface area contributed by atoms with Crippen LogP contribution in [0, 0.1) is 0 Å². The van der Waals surface area contributed by atoms with Crippen LogP contribution in [-0.4, -0.2) is 48.2 Å². The lowest BCUT2D eigenvalue weighted by Gasteiger charge is -2.15. The molecule has 1 fully saturated rings. The van der Waals surface area contributed by atoms with E-state index in [1.165, 1.54) is 12.8 Å². The van der Waals surface area contributed by atoms with Crippen LogP contribution < -0.4 is 16.0 Å². The number of hydrogen-bond donors (Lipinski definition) is 2. The summed E-state index contributed by atoms with van der Waals surface area (Å²) in [4.78, 5) is 10.7. The highest BCUT2D eigenvalue weighted by Crippen LogP contribution is 2.24. The van der Waals surface area contributed by atoms with Gasteiger partial charge in [0.2, 0.25) is 5.88 Å². The third-order valence-corrected chi connectivity index (χ3v) is 3.03. The summed E-state index contributed by atoms with van der Waals surface area (Å²) in [5.41, 5.74) is 2.50. The van der Waals surface area contributed by atoms with Gasteiger partial charge in [-0.1, -0.05) is 0 Å². The molecule has 1 heterocycles. The van der Waals surface area contributed by atoms with Gasteiger partial charge in [0.25, 0.3) is 0 Å². The Balaban J connectivity index is 1.88. The van der Waals surface area contributed by atoms with Crippen LogP contribution in [-0.2, 0) is 11.3 Å². The molecule has 0 aliphatic heterocycles. The van der Waals surface area contributed by atoms with Crippen molar-refractivity contribution in [3.63, 3.8) is 0 Å². The van der Waals surface area contributed by atoms with Crippen molar-refractivity contribution in [3.05, 3.63) is 11.9 Å². The molecule has 106 valence electrons. The molecular weight excluding hydrogens is 246 g/mol. The van der Waals surface area contributed by atoms with E-state index in [9.17, 15) is 0 Å². The van der Waals surface area contributed by atoms with Gasteiger partial charge >= 0.3 is 0 Å². The molecule has 1 aliphatic rings. The van der Waals surface area contributed by atoms with E-state index in [2.05, 4.69) is 27.3 Å². The van der Waals surface area contributed by atoms with Crippen molar-refractivity contribution in [2.45, 2.75) is 25.5 Å². The zero-order valence-corrected chi connectivity index (χ0v) is 11.4. The molecule has 19 heavy (non-hydrogen) atoms. The van der Waals surface area contributed by atoms with Crippen molar-refractivity contribution < 1.29 is 9.47 Å². The van der Waals surface area contributed by atoms with E-state index in [4.69, 9.17) is 15.3 Å². The first kappa shape index (κ1) is 14.0. The predicted octanol–water partition coefficient (Wildman–Crippen LogP) is 0.382. The zero-order chi connectivity index (χ0) is 13.7. The van der Waals surface area contributed by atoms with Gasteiger partial charge < -0.3 is 19.8 Å². The highest BCUT2D eigenvalue weighted by molar-refractivity contribution is 5.36. The Morgan fingerprint density at radius 1 is 1.47 bits per heavy atom. The second kappa shape index (κ2) is 6.65. The Labute approximate surface area is 113 Å². The summed E-state index contributed by atoms with van der Waals surface area (Å²) in [6.45, 7) is 1.81. The molecule has 0 saturated heterocycles. The molecule has 0 amide bonds. The zero-order valence-electron chi connectivity index (χ0n) is 11.4. The molecule has 0 bridgehead atoms. The van der Waals surface area contributed by atoms with Gasteiger partial charge in [0.05, 0.1) is 0 Å². The molecule has 1 aromatic heterocycles. The Kier molecular flexibility index (Phi) is 4.89. The number of likely N-dealkylation sites (N-methyl/N-ethyl adjacent to an activating group) is 1. The molecule has 7 nitrogen and oxygen atoms in total. The molecule has 0 radical (unpaired) electrons. The maximum Gasteiger partial charge on any atom is 0.218 e. The van der Waals surface area contributed by atoms with E-state index in [-0.39, 0.29) is 0 Å². The van der Waals surface area contributed by atoms with Crippen molar-refractivity contribution in [1.29, 1.82) is 0 Å². The minimum atomic E-state index is 0.327. The van der Waals surface area contributed by atoms with E-state index >= 15 is 0 Å². The Morgan fingerprint density at radius 3 is 2.89 bits per heavy atom. The SMILES string of the molecule is COCc1nc(NN)cc(OCCN(C)C2CC2)n1. The Bertz CT molecular complexity index is 411. The van der Waals surface area contributed by atoms with Gasteiger partial charge in [-0.25, -0.2) is 10.8 Å².